The Morgan fingerprint density at radius 3 is 2.94 bits per heavy atom. The minimum absolute atomic E-state index is 0.477. The van der Waals surface area contributed by atoms with Crippen LogP contribution in [0.3, 0.4) is 0 Å². The van der Waals surface area contributed by atoms with Crippen molar-refractivity contribution < 1.29 is 4.74 Å². The lowest BCUT2D eigenvalue weighted by Crippen LogP contribution is -2.64. The lowest BCUT2D eigenvalue weighted by Gasteiger charge is -2.52. The van der Waals surface area contributed by atoms with Gasteiger partial charge in [0.2, 0.25) is 0 Å². The first-order valence-electron chi connectivity index (χ1n) is 7.55. The largest absolute Gasteiger partial charge is 0.372 e. The van der Waals surface area contributed by atoms with Crippen molar-refractivity contribution in [3.63, 3.8) is 0 Å². The molecule has 7 atom stereocenters. The van der Waals surface area contributed by atoms with Crippen LogP contribution in [0.15, 0.2) is 0 Å². The van der Waals surface area contributed by atoms with E-state index in [1.54, 1.807) is 0 Å². The Balaban J connectivity index is 1.60. The summed E-state index contributed by atoms with van der Waals surface area (Å²) in [6.07, 6.45) is 7.39. The number of hydrogen-bond donors (Lipinski definition) is 1. The molecular formula is C14H23BrN2O. The van der Waals surface area contributed by atoms with Gasteiger partial charge < -0.3 is 4.74 Å². The third-order valence-electron chi connectivity index (χ3n) is 5.57. The second kappa shape index (κ2) is 4.44. The molecule has 4 fully saturated rings. The minimum atomic E-state index is 0.477. The Hall–Kier alpha value is 0.360. The number of nitrogens with zero attached hydrogens (tertiary/aromatic N) is 1. The van der Waals surface area contributed by atoms with Gasteiger partial charge in [-0.25, -0.2) is 5.01 Å². The Morgan fingerprint density at radius 2 is 2.06 bits per heavy atom. The van der Waals surface area contributed by atoms with Crippen LogP contribution in [0, 0.1) is 11.8 Å². The van der Waals surface area contributed by atoms with Crippen LogP contribution in [0.1, 0.15) is 39.0 Å². The molecule has 0 aromatic carbocycles. The topological polar surface area (TPSA) is 24.5 Å². The van der Waals surface area contributed by atoms with E-state index >= 15 is 0 Å². The van der Waals surface area contributed by atoms with E-state index in [0.717, 1.165) is 18.4 Å². The standard InChI is InChI=1S/C14H23BrN2O/c1-8-2-4-11-13(6-8)18-12-5-3-10(15)9-7-16-17(11)14(9)12/h8-14,16H,2-7H2,1H3. The molecule has 2 saturated carbocycles. The summed E-state index contributed by atoms with van der Waals surface area (Å²) < 4.78 is 6.49. The molecule has 18 heavy (non-hydrogen) atoms. The highest BCUT2D eigenvalue weighted by Gasteiger charge is 2.54. The average Bonchev–Trinajstić information content (AvgIpc) is 2.80. The molecule has 3 nitrogen and oxygen atoms in total. The maximum Gasteiger partial charge on any atom is 0.0752 e. The molecule has 0 aromatic rings. The first kappa shape index (κ1) is 12.1. The molecule has 0 spiro atoms. The van der Waals surface area contributed by atoms with Crippen molar-refractivity contribution in [3.8, 4) is 0 Å². The zero-order valence-corrected chi connectivity index (χ0v) is 12.6. The minimum Gasteiger partial charge on any atom is -0.372 e. The van der Waals surface area contributed by atoms with Crippen molar-refractivity contribution in [2.45, 2.75) is 68.1 Å². The van der Waals surface area contributed by atoms with Crippen LogP contribution in [0.5, 0.6) is 0 Å². The van der Waals surface area contributed by atoms with Gasteiger partial charge in [-0.1, -0.05) is 22.9 Å². The van der Waals surface area contributed by atoms with Gasteiger partial charge >= 0.3 is 0 Å². The van der Waals surface area contributed by atoms with E-state index in [-0.39, 0.29) is 0 Å². The summed E-state index contributed by atoms with van der Waals surface area (Å²) in [6.45, 7) is 3.51. The van der Waals surface area contributed by atoms with Crippen LogP contribution >= 0.6 is 15.9 Å². The zero-order valence-electron chi connectivity index (χ0n) is 11.0. The third-order valence-corrected chi connectivity index (χ3v) is 6.70. The highest BCUT2D eigenvalue weighted by Crippen LogP contribution is 2.45. The Morgan fingerprint density at radius 1 is 1.17 bits per heavy atom. The molecule has 1 N–H and O–H groups in total. The fourth-order valence-corrected chi connectivity index (χ4v) is 5.40. The molecule has 2 aliphatic carbocycles. The molecular weight excluding hydrogens is 292 g/mol. The Kier molecular flexibility index (Phi) is 2.99. The van der Waals surface area contributed by atoms with E-state index in [1.807, 2.05) is 0 Å². The van der Waals surface area contributed by atoms with Crippen molar-refractivity contribution in [2.75, 3.05) is 6.54 Å². The average molecular weight is 315 g/mol. The molecule has 0 aromatic heterocycles. The van der Waals surface area contributed by atoms with Crippen LogP contribution in [-0.2, 0) is 4.74 Å². The summed E-state index contributed by atoms with van der Waals surface area (Å²) in [5.41, 5.74) is 3.70. The number of nitrogens with one attached hydrogen (secondary N) is 1. The molecule has 0 bridgehead atoms. The Labute approximate surface area is 118 Å². The molecule has 0 amide bonds. The maximum absolute atomic E-state index is 6.49. The van der Waals surface area contributed by atoms with Crippen LogP contribution in [0.25, 0.3) is 0 Å². The zero-order chi connectivity index (χ0) is 12.3. The van der Waals surface area contributed by atoms with E-state index in [2.05, 4.69) is 33.3 Å². The van der Waals surface area contributed by atoms with Gasteiger partial charge in [0.05, 0.1) is 24.3 Å². The molecule has 2 aliphatic heterocycles. The van der Waals surface area contributed by atoms with Crippen LogP contribution in [0.2, 0.25) is 0 Å². The summed E-state index contributed by atoms with van der Waals surface area (Å²) >= 11 is 3.88. The number of rotatable bonds is 0. The van der Waals surface area contributed by atoms with Crippen molar-refractivity contribution in [1.82, 2.24) is 10.4 Å². The molecule has 7 unspecified atom stereocenters. The second-order valence-corrected chi connectivity index (χ2v) is 7.89. The Bertz CT molecular complexity index is 340. The smallest absolute Gasteiger partial charge is 0.0752 e. The summed E-state index contributed by atoms with van der Waals surface area (Å²) in [4.78, 5) is 0.680. The number of halogens is 1. The van der Waals surface area contributed by atoms with Gasteiger partial charge in [0, 0.05) is 17.3 Å². The highest BCUT2D eigenvalue weighted by molar-refractivity contribution is 9.09. The van der Waals surface area contributed by atoms with Gasteiger partial charge in [-0.15, -0.1) is 0 Å². The SMILES string of the molecule is CC1CCC2C(C1)OC1CCC(Br)C3CNN2C13. The maximum atomic E-state index is 6.49. The van der Waals surface area contributed by atoms with E-state index in [0.29, 0.717) is 29.1 Å². The van der Waals surface area contributed by atoms with E-state index < -0.39 is 0 Å². The van der Waals surface area contributed by atoms with Crippen molar-refractivity contribution in [2.24, 2.45) is 11.8 Å². The number of hydrogen-bond acceptors (Lipinski definition) is 3. The third kappa shape index (κ3) is 1.72. The van der Waals surface area contributed by atoms with Crippen molar-refractivity contribution >= 4 is 15.9 Å². The second-order valence-electron chi connectivity index (χ2n) is 6.72. The van der Waals surface area contributed by atoms with Gasteiger partial charge in [0.25, 0.3) is 0 Å². The van der Waals surface area contributed by atoms with Gasteiger partial charge in [-0.2, -0.15) is 0 Å². The number of fused-ring (bicyclic) bond motifs is 2. The molecule has 2 heterocycles. The van der Waals surface area contributed by atoms with E-state index in [9.17, 15) is 0 Å². The first-order chi connectivity index (χ1) is 8.74. The fourth-order valence-electron chi connectivity index (χ4n) is 4.64. The molecule has 4 heteroatoms. The molecule has 4 aliphatic rings. The molecule has 0 radical (unpaired) electrons. The highest BCUT2D eigenvalue weighted by atomic mass is 79.9. The number of morpholine rings is 1. The van der Waals surface area contributed by atoms with Gasteiger partial charge in [-0.3, -0.25) is 5.43 Å². The number of hydrazine groups is 1. The predicted octanol–water partition coefficient (Wildman–Crippen LogP) is 2.30. The molecule has 2 saturated heterocycles. The molecule has 102 valence electrons. The van der Waals surface area contributed by atoms with E-state index in [1.165, 1.54) is 32.1 Å². The number of ether oxygens (including phenoxy) is 1. The lowest BCUT2D eigenvalue weighted by molar-refractivity contribution is -0.184. The molecule has 4 rings (SSSR count). The fraction of sp³-hybridized carbons (Fsp3) is 1.00. The van der Waals surface area contributed by atoms with Crippen molar-refractivity contribution in [3.05, 3.63) is 0 Å². The van der Waals surface area contributed by atoms with E-state index in [4.69, 9.17) is 4.74 Å². The van der Waals surface area contributed by atoms with Crippen LogP contribution in [0.4, 0.5) is 0 Å². The normalized spacial score (nSPS) is 56.0. The van der Waals surface area contributed by atoms with Crippen molar-refractivity contribution in [1.29, 1.82) is 0 Å². The summed E-state index contributed by atoms with van der Waals surface area (Å²) in [6, 6.07) is 1.25. The predicted molar refractivity (Wildman–Crippen MR) is 74.5 cm³/mol. The van der Waals surface area contributed by atoms with Gasteiger partial charge in [0.1, 0.15) is 0 Å². The van der Waals surface area contributed by atoms with Crippen LogP contribution in [-0.4, -0.2) is 40.7 Å². The monoisotopic (exact) mass is 314 g/mol. The summed E-state index contributed by atoms with van der Waals surface area (Å²) in [7, 11) is 0. The summed E-state index contributed by atoms with van der Waals surface area (Å²) in [5, 5.41) is 2.60. The number of alkyl halides is 1. The first-order valence-corrected chi connectivity index (χ1v) is 8.47. The quantitative estimate of drug-likeness (QED) is 0.694. The van der Waals surface area contributed by atoms with Gasteiger partial charge in [0.15, 0.2) is 0 Å². The lowest BCUT2D eigenvalue weighted by atomic mass is 9.77. The van der Waals surface area contributed by atoms with Crippen LogP contribution < -0.4 is 5.43 Å². The summed E-state index contributed by atoms with van der Waals surface area (Å²) in [5.74, 6) is 1.58. The van der Waals surface area contributed by atoms with Gasteiger partial charge in [-0.05, 0) is 38.0 Å².